The van der Waals surface area contributed by atoms with Gasteiger partial charge < -0.3 is 5.11 Å². The summed E-state index contributed by atoms with van der Waals surface area (Å²) in [5.74, 6) is 0.342. The Kier molecular flexibility index (Phi) is 5.24. The first-order valence-corrected chi connectivity index (χ1v) is 11.6. The second kappa shape index (κ2) is 8.14. The largest absolute Gasteiger partial charge is 0.507 e. The van der Waals surface area contributed by atoms with Crippen molar-refractivity contribution in [3.05, 3.63) is 119 Å². The van der Waals surface area contributed by atoms with Crippen molar-refractivity contribution >= 4 is 11.0 Å². The van der Waals surface area contributed by atoms with E-state index >= 15 is 0 Å². The zero-order valence-corrected chi connectivity index (χ0v) is 20.0. The molecule has 0 atom stereocenters. The molecule has 4 aromatic carbocycles. The van der Waals surface area contributed by atoms with Crippen molar-refractivity contribution in [3.63, 3.8) is 0 Å². The number of aromatic nitrogens is 3. The van der Waals surface area contributed by atoms with Crippen LogP contribution >= 0.6 is 0 Å². The fourth-order valence-electron chi connectivity index (χ4n) is 4.70. The number of benzene rings is 4. The van der Waals surface area contributed by atoms with E-state index in [9.17, 15) is 5.11 Å². The van der Waals surface area contributed by atoms with Gasteiger partial charge in [-0.15, -0.1) is 10.2 Å². The van der Waals surface area contributed by atoms with Crippen LogP contribution < -0.4 is 0 Å². The van der Waals surface area contributed by atoms with Crippen LogP contribution in [0, 0.1) is 0 Å². The van der Waals surface area contributed by atoms with Crippen molar-refractivity contribution in [3.8, 4) is 11.4 Å². The molecule has 0 fully saturated rings. The third-order valence-electron chi connectivity index (χ3n) is 6.97. The van der Waals surface area contributed by atoms with Crippen molar-refractivity contribution in [1.82, 2.24) is 15.0 Å². The highest BCUT2D eigenvalue weighted by Gasteiger charge is 2.32. The van der Waals surface area contributed by atoms with Gasteiger partial charge in [0.05, 0.1) is 5.69 Å². The quantitative estimate of drug-likeness (QED) is 0.323. The molecule has 0 bridgehead atoms. The van der Waals surface area contributed by atoms with Gasteiger partial charge in [-0.3, -0.25) is 0 Å². The average molecular weight is 448 g/mol. The predicted molar refractivity (Wildman–Crippen MR) is 138 cm³/mol. The molecule has 4 heteroatoms. The number of phenols is 1. The Balaban J connectivity index is 1.57. The molecule has 0 amide bonds. The van der Waals surface area contributed by atoms with E-state index in [0.717, 1.165) is 33.4 Å². The minimum Gasteiger partial charge on any atom is -0.507 e. The minimum atomic E-state index is -0.433. The fraction of sp³-hybridized carbons (Fsp3) is 0.200. The lowest BCUT2D eigenvalue weighted by Gasteiger charge is -2.32. The molecule has 1 aromatic heterocycles. The fourth-order valence-corrected chi connectivity index (χ4v) is 4.70. The molecule has 0 aliphatic rings. The van der Waals surface area contributed by atoms with Crippen molar-refractivity contribution in [2.75, 3.05) is 0 Å². The Morgan fingerprint density at radius 2 is 1.15 bits per heavy atom. The molecule has 5 rings (SSSR count). The van der Waals surface area contributed by atoms with E-state index in [-0.39, 0.29) is 5.41 Å². The standard InChI is InChI=1S/C30H29N3O/c1-29(2,21-12-7-5-8-13-21)24-16-11-17-25(28(24)34)30(3,4)22-18-19-26-27(20-22)32-33(31-26)23-14-9-6-10-15-23/h5-20,34H,1-4H3. The lowest BCUT2D eigenvalue weighted by atomic mass is 9.72. The minimum absolute atomic E-state index is 0.334. The van der Waals surface area contributed by atoms with E-state index in [0.29, 0.717) is 5.75 Å². The Morgan fingerprint density at radius 3 is 1.79 bits per heavy atom. The smallest absolute Gasteiger partial charge is 0.123 e. The molecule has 170 valence electrons. The first-order valence-electron chi connectivity index (χ1n) is 11.6. The number of hydrogen-bond donors (Lipinski definition) is 1. The zero-order chi connectivity index (χ0) is 23.9. The van der Waals surface area contributed by atoms with Crippen molar-refractivity contribution in [1.29, 1.82) is 0 Å². The lowest BCUT2D eigenvalue weighted by Crippen LogP contribution is -2.23. The summed E-state index contributed by atoms with van der Waals surface area (Å²) in [5, 5.41) is 20.9. The van der Waals surface area contributed by atoms with Crippen molar-refractivity contribution < 1.29 is 5.11 Å². The number of hydrogen-bond acceptors (Lipinski definition) is 3. The highest BCUT2D eigenvalue weighted by Crippen LogP contribution is 2.44. The number of fused-ring (bicyclic) bond motifs is 1. The van der Waals surface area contributed by atoms with Gasteiger partial charge in [0.1, 0.15) is 16.8 Å². The maximum Gasteiger partial charge on any atom is 0.123 e. The van der Waals surface area contributed by atoms with Crippen LogP contribution in [-0.2, 0) is 10.8 Å². The summed E-state index contributed by atoms with van der Waals surface area (Å²) in [5.41, 5.74) is 5.87. The topological polar surface area (TPSA) is 50.9 Å². The molecule has 0 saturated heterocycles. The van der Waals surface area contributed by atoms with Crippen LogP contribution in [0.5, 0.6) is 5.75 Å². The zero-order valence-electron chi connectivity index (χ0n) is 20.0. The van der Waals surface area contributed by atoms with Crippen molar-refractivity contribution in [2.45, 2.75) is 38.5 Å². The van der Waals surface area contributed by atoms with Gasteiger partial charge >= 0.3 is 0 Å². The molecule has 0 saturated carbocycles. The van der Waals surface area contributed by atoms with Gasteiger partial charge in [0.25, 0.3) is 0 Å². The summed E-state index contributed by atoms with van der Waals surface area (Å²) >= 11 is 0. The molecular formula is C30H29N3O. The van der Waals surface area contributed by atoms with Gasteiger partial charge in [-0.25, -0.2) is 0 Å². The third-order valence-corrected chi connectivity index (χ3v) is 6.97. The molecule has 4 nitrogen and oxygen atoms in total. The molecule has 1 heterocycles. The van der Waals surface area contributed by atoms with E-state index in [2.05, 4.69) is 57.1 Å². The van der Waals surface area contributed by atoms with Gasteiger partial charge in [0, 0.05) is 22.0 Å². The molecule has 0 radical (unpaired) electrons. The van der Waals surface area contributed by atoms with E-state index in [1.54, 1.807) is 4.80 Å². The van der Waals surface area contributed by atoms with Crippen LogP contribution in [0.15, 0.2) is 97.1 Å². The number of para-hydroxylation sites is 2. The monoisotopic (exact) mass is 447 g/mol. The van der Waals surface area contributed by atoms with E-state index in [1.165, 1.54) is 5.56 Å². The highest BCUT2D eigenvalue weighted by atomic mass is 16.3. The predicted octanol–water partition coefficient (Wildman–Crippen LogP) is 6.78. The number of phenolic OH excluding ortho intramolecular Hbond substituents is 1. The van der Waals surface area contributed by atoms with Crippen LogP contribution in [0.2, 0.25) is 0 Å². The summed E-state index contributed by atoms with van der Waals surface area (Å²) < 4.78 is 0. The van der Waals surface area contributed by atoms with E-state index in [1.807, 2.05) is 72.8 Å². The van der Waals surface area contributed by atoms with Gasteiger partial charge in [-0.1, -0.05) is 100 Å². The Morgan fingerprint density at radius 1 is 0.588 bits per heavy atom. The second-order valence-electron chi connectivity index (χ2n) is 9.85. The first-order chi connectivity index (χ1) is 16.3. The van der Waals surface area contributed by atoms with E-state index in [4.69, 9.17) is 5.10 Å². The van der Waals surface area contributed by atoms with Gasteiger partial charge in [-0.05, 0) is 35.4 Å². The Hall–Kier alpha value is -3.92. The normalized spacial score (nSPS) is 12.2. The Labute approximate surface area is 200 Å². The van der Waals surface area contributed by atoms with Gasteiger partial charge in [-0.2, -0.15) is 4.80 Å². The van der Waals surface area contributed by atoms with Crippen LogP contribution in [0.1, 0.15) is 49.9 Å². The molecule has 1 N–H and O–H groups in total. The number of nitrogens with zero attached hydrogens (tertiary/aromatic N) is 3. The maximum atomic E-state index is 11.5. The summed E-state index contributed by atoms with van der Waals surface area (Å²) in [6, 6.07) is 32.5. The average Bonchev–Trinajstić information content (AvgIpc) is 3.29. The summed E-state index contributed by atoms with van der Waals surface area (Å²) in [7, 11) is 0. The number of aromatic hydroxyl groups is 1. The second-order valence-corrected chi connectivity index (χ2v) is 9.85. The number of rotatable bonds is 5. The molecule has 0 aliphatic heterocycles. The summed E-state index contributed by atoms with van der Waals surface area (Å²) in [4.78, 5) is 1.67. The van der Waals surface area contributed by atoms with Crippen LogP contribution in [0.25, 0.3) is 16.7 Å². The first kappa shape index (κ1) is 21.9. The molecular weight excluding hydrogens is 418 g/mol. The summed E-state index contributed by atoms with van der Waals surface area (Å²) in [6.07, 6.45) is 0. The van der Waals surface area contributed by atoms with Gasteiger partial charge in [0.15, 0.2) is 0 Å². The van der Waals surface area contributed by atoms with E-state index < -0.39 is 5.41 Å². The lowest BCUT2D eigenvalue weighted by molar-refractivity contribution is 0.433. The third kappa shape index (κ3) is 3.65. The van der Waals surface area contributed by atoms with Crippen LogP contribution in [-0.4, -0.2) is 20.1 Å². The Bertz CT molecular complexity index is 1450. The molecule has 0 unspecified atom stereocenters. The maximum absolute atomic E-state index is 11.5. The van der Waals surface area contributed by atoms with Gasteiger partial charge in [0.2, 0.25) is 0 Å². The molecule has 0 spiro atoms. The molecule has 0 aliphatic carbocycles. The van der Waals surface area contributed by atoms with Crippen LogP contribution in [0.4, 0.5) is 0 Å². The molecule has 34 heavy (non-hydrogen) atoms. The highest BCUT2D eigenvalue weighted by molar-refractivity contribution is 5.75. The SMILES string of the molecule is CC(C)(c1ccccc1)c1cccc(C(C)(C)c2ccc3nn(-c4ccccc4)nc3c2)c1O. The summed E-state index contributed by atoms with van der Waals surface area (Å²) in [6.45, 7) is 8.60. The van der Waals surface area contributed by atoms with Crippen molar-refractivity contribution in [2.24, 2.45) is 0 Å². The molecule has 5 aromatic rings. The van der Waals surface area contributed by atoms with Crippen LogP contribution in [0.3, 0.4) is 0 Å².